The molecule has 0 radical (unpaired) electrons. The number of allylic oxidation sites excluding steroid dienone is 3. The number of esters is 3. The highest BCUT2D eigenvalue weighted by atomic mass is 79.9. The van der Waals surface area contributed by atoms with Gasteiger partial charge in [-0.2, -0.15) is 0 Å². The van der Waals surface area contributed by atoms with Crippen molar-refractivity contribution in [2.45, 2.75) is 80.3 Å². The summed E-state index contributed by atoms with van der Waals surface area (Å²) in [5, 5.41) is 0. The minimum atomic E-state index is -1.72. The molecule has 0 unspecified atom stereocenters. The summed E-state index contributed by atoms with van der Waals surface area (Å²) < 4.78 is 18.3. The van der Waals surface area contributed by atoms with Crippen molar-refractivity contribution in [2.75, 3.05) is 7.11 Å². The Balaban J connectivity index is 1.74. The van der Waals surface area contributed by atoms with E-state index in [-0.39, 0.29) is 40.7 Å². The molecule has 0 N–H and O–H groups in total. The lowest BCUT2D eigenvalue weighted by molar-refractivity contribution is -0.217. The van der Waals surface area contributed by atoms with E-state index < -0.39 is 44.9 Å². The molecule has 0 bridgehead atoms. The molecule has 5 rings (SSSR count). The van der Waals surface area contributed by atoms with Crippen molar-refractivity contribution >= 4 is 45.9 Å². The van der Waals surface area contributed by atoms with Crippen LogP contribution in [0.5, 0.6) is 0 Å². The second-order valence-electron chi connectivity index (χ2n) is 14.1. The van der Waals surface area contributed by atoms with Crippen LogP contribution in [0, 0.1) is 38.9 Å². The molecule has 0 spiro atoms. The molecule has 0 amide bonds. The van der Waals surface area contributed by atoms with Crippen LogP contribution in [-0.4, -0.2) is 43.2 Å². The van der Waals surface area contributed by atoms with Crippen LogP contribution in [-0.2, 0) is 33.4 Å². The summed E-state index contributed by atoms with van der Waals surface area (Å²) >= 11 is 3.38. The van der Waals surface area contributed by atoms with Crippen molar-refractivity contribution in [3.8, 4) is 0 Å². The lowest BCUT2D eigenvalue weighted by atomic mass is 9.33. The van der Waals surface area contributed by atoms with Crippen molar-refractivity contribution < 1.29 is 38.2 Å². The molecule has 4 aliphatic rings. The summed E-state index contributed by atoms with van der Waals surface area (Å²) in [6.45, 7) is 12.6. The van der Waals surface area contributed by atoms with Crippen LogP contribution < -0.4 is 0 Å². The third-order valence-corrected chi connectivity index (χ3v) is 12.5. The van der Waals surface area contributed by atoms with Crippen LogP contribution in [0.2, 0.25) is 0 Å². The number of hydrogen-bond acceptors (Lipinski definition) is 8. The van der Waals surface area contributed by atoms with Crippen LogP contribution >= 0.6 is 15.9 Å². The molecule has 0 aliphatic heterocycles. The summed E-state index contributed by atoms with van der Waals surface area (Å²) in [6.07, 6.45) is 4.56. The van der Waals surface area contributed by atoms with Crippen molar-refractivity contribution in [3.05, 3.63) is 57.3 Å². The predicted molar refractivity (Wildman–Crippen MR) is 165 cm³/mol. The Hall–Kier alpha value is -3.07. The Kier molecular flexibility index (Phi) is 7.71. The molecule has 7 atom stereocenters. The second kappa shape index (κ2) is 10.5. The first kappa shape index (κ1) is 32.3. The highest BCUT2D eigenvalue weighted by Gasteiger charge is 2.81. The Labute approximate surface area is 267 Å². The van der Waals surface area contributed by atoms with Crippen molar-refractivity contribution in [3.63, 3.8) is 0 Å². The number of ketones is 1. The third kappa shape index (κ3) is 3.89. The molecule has 236 valence electrons. The molecule has 44 heavy (non-hydrogen) atoms. The Morgan fingerprint density at radius 2 is 1.64 bits per heavy atom. The average molecular weight is 670 g/mol. The minimum absolute atomic E-state index is 0.00271. The SMILES string of the molecule is COC(=O)[C@@]12C(OC(=O)c3ccc(Br)cc3)=C(C)C(=O)[C@]1(C)C(C)=C[C@H]1[C@]3(C=O)CC[C@H](OC(C)=O)C(C)(C)[C@H]3CC[C@@]12C. The standard InChI is InChI=1S/C35H41BrO8/c1-19-17-25-32(6,15-13-24-31(4,5)26(43-21(3)38)14-16-34(24,25)18-37)35(30(41)42-8)28(20(2)27(39)33(19,35)7)44-29(40)22-9-11-23(36)12-10-22/h9-12,17-18,24-26H,13-16H2,1-8H3/t24-,25-,26+,32+,33+,34+,35-/m1/s1. The van der Waals surface area contributed by atoms with Gasteiger partial charge in [0.1, 0.15) is 23.6 Å². The molecule has 2 fully saturated rings. The zero-order valence-corrected chi connectivity index (χ0v) is 28.3. The molecule has 1 aromatic rings. The minimum Gasteiger partial charge on any atom is -0.468 e. The van der Waals surface area contributed by atoms with E-state index in [2.05, 4.69) is 15.9 Å². The zero-order chi connectivity index (χ0) is 32.6. The van der Waals surface area contributed by atoms with Crippen molar-refractivity contribution in [1.82, 2.24) is 0 Å². The Morgan fingerprint density at radius 3 is 2.20 bits per heavy atom. The predicted octanol–water partition coefficient (Wildman–Crippen LogP) is 6.56. The molecule has 8 nitrogen and oxygen atoms in total. The molecular formula is C35H41BrO8. The van der Waals surface area contributed by atoms with E-state index in [0.29, 0.717) is 31.3 Å². The van der Waals surface area contributed by atoms with Gasteiger partial charge in [0, 0.05) is 27.8 Å². The number of benzene rings is 1. The maximum Gasteiger partial charge on any atom is 0.343 e. The molecule has 0 aromatic heterocycles. The normalized spacial score (nSPS) is 37.2. The van der Waals surface area contributed by atoms with Crippen LogP contribution in [0.4, 0.5) is 0 Å². The maximum atomic E-state index is 14.5. The highest BCUT2D eigenvalue weighted by Crippen LogP contribution is 2.77. The first-order valence-corrected chi connectivity index (χ1v) is 15.9. The van der Waals surface area contributed by atoms with Crippen LogP contribution in [0.1, 0.15) is 84.5 Å². The van der Waals surface area contributed by atoms with Gasteiger partial charge < -0.3 is 19.0 Å². The van der Waals surface area contributed by atoms with Crippen LogP contribution in [0.3, 0.4) is 0 Å². The molecule has 2 saturated carbocycles. The van der Waals surface area contributed by atoms with E-state index in [1.807, 2.05) is 33.8 Å². The maximum absolute atomic E-state index is 14.5. The Bertz CT molecular complexity index is 1520. The number of methoxy groups -OCH3 is 1. The fourth-order valence-electron chi connectivity index (χ4n) is 9.89. The van der Waals surface area contributed by atoms with Crippen LogP contribution in [0.15, 0.2) is 51.7 Å². The number of ether oxygens (including phenoxy) is 3. The fourth-order valence-corrected chi connectivity index (χ4v) is 10.2. The summed E-state index contributed by atoms with van der Waals surface area (Å²) in [5.41, 5.74) is -4.57. The van der Waals surface area contributed by atoms with E-state index in [1.54, 1.807) is 38.1 Å². The number of hydrogen-bond donors (Lipinski definition) is 0. The van der Waals surface area contributed by atoms with Gasteiger partial charge in [0.2, 0.25) is 0 Å². The fraction of sp³-hybridized carbons (Fsp3) is 0.571. The number of carbonyl (C=O) groups excluding carboxylic acids is 5. The van der Waals surface area contributed by atoms with Gasteiger partial charge in [-0.25, -0.2) is 4.79 Å². The van der Waals surface area contributed by atoms with Gasteiger partial charge in [0.25, 0.3) is 0 Å². The number of Topliss-reactive ketones (excluding diaryl/α,β-unsaturated/α-hetero) is 1. The lowest BCUT2D eigenvalue weighted by Gasteiger charge is -2.68. The highest BCUT2D eigenvalue weighted by molar-refractivity contribution is 9.10. The number of aldehydes is 1. The van der Waals surface area contributed by atoms with Gasteiger partial charge in [-0.1, -0.05) is 48.4 Å². The largest absolute Gasteiger partial charge is 0.468 e. The van der Waals surface area contributed by atoms with Gasteiger partial charge in [0.15, 0.2) is 5.78 Å². The average Bonchev–Trinajstić information content (AvgIpc) is 3.15. The molecular weight excluding hydrogens is 628 g/mol. The first-order valence-electron chi connectivity index (χ1n) is 15.2. The Morgan fingerprint density at radius 1 is 1.00 bits per heavy atom. The van der Waals surface area contributed by atoms with E-state index in [9.17, 15) is 24.0 Å². The topological polar surface area (TPSA) is 113 Å². The van der Waals surface area contributed by atoms with E-state index in [0.717, 1.165) is 10.8 Å². The summed E-state index contributed by atoms with van der Waals surface area (Å²) in [7, 11) is 1.28. The van der Waals surface area contributed by atoms with Gasteiger partial charge in [-0.05, 0) is 88.0 Å². The number of rotatable bonds is 5. The van der Waals surface area contributed by atoms with Gasteiger partial charge >= 0.3 is 17.9 Å². The molecule has 0 heterocycles. The quantitative estimate of drug-likeness (QED) is 0.150. The summed E-state index contributed by atoms with van der Waals surface area (Å²) in [5.74, 6) is -2.72. The number of halogens is 1. The smallest absolute Gasteiger partial charge is 0.343 e. The summed E-state index contributed by atoms with van der Waals surface area (Å²) in [6, 6.07) is 6.64. The van der Waals surface area contributed by atoms with Gasteiger partial charge in [-0.3, -0.25) is 14.4 Å². The lowest BCUT2D eigenvalue weighted by Crippen LogP contribution is -2.70. The molecule has 0 saturated heterocycles. The number of fused-ring (bicyclic) bond motifs is 5. The zero-order valence-electron chi connectivity index (χ0n) is 26.7. The van der Waals surface area contributed by atoms with E-state index >= 15 is 0 Å². The van der Waals surface area contributed by atoms with Crippen LogP contribution in [0.25, 0.3) is 0 Å². The third-order valence-electron chi connectivity index (χ3n) is 12.0. The first-order chi connectivity index (χ1) is 20.5. The van der Waals surface area contributed by atoms with E-state index in [1.165, 1.54) is 14.0 Å². The number of carbonyl (C=O) groups is 5. The van der Waals surface area contributed by atoms with Gasteiger partial charge in [0.05, 0.1) is 18.1 Å². The summed E-state index contributed by atoms with van der Waals surface area (Å²) in [4.78, 5) is 68.1. The van der Waals surface area contributed by atoms with Crippen molar-refractivity contribution in [1.29, 1.82) is 0 Å². The molecule has 1 aromatic carbocycles. The molecule has 9 heteroatoms. The molecule has 4 aliphatic carbocycles. The second-order valence-corrected chi connectivity index (χ2v) is 15.0. The van der Waals surface area contributed by atoms with Gasteiger partial charge in [-0.15, -0.1) is 0 Å². The monoisotopic (exact) mass is 668 g/mol. The van der Waals surface area contributed by atoms with E-state index in [4.69, 9.17) is 14.2 Å². The van der Waals surface area contributed by atoms with Crippen molar-refractivity contribution in [2.24, 2.45) is 38.9 Å².